The van der Waals surface area contributed by atoms with Crippen LogP contribution in [-0.2, 0) is 7.05 Å². The fourth-order valence-electron chi connectivity index (χ4n) is 1.80. The molecule has 0 aliphatic heterocycles. The molecular weight excluding hydrogens is 242 g/mol. The molecule has 0 saturated heterocycles. The lowest BCUT2D eigenvalue weighted by atomic mass is 10.2. The number of hydrogen-bond donors (Lipinski definition) is 1. The van der Waals surface area contributed by atoms with E-state index in [2.05, 4.69) is 20.3 Å². The maximum Gasteiger partial charge on any atom is 0.259 e. The first-order chi connectivity index (χ1) is 9.24. The number of nitrogens with zero attached hydrogens (tertiary/aromatic N) is 4. The van der Waals surface area contributed by atoms with Gasteiger partial charge in [0, 0.05) is 31.8 Å². The fraction of sp³-hybridized carbons (Fsp3) is 0.0769. The fourth-order valence-corrected chi connectivity index (χ4v) is 1.80. The van der Waals surface area contributed by atoms with Crippen LogP contribution in [-0.4, -0.2) is 19.5 Å². The summed E-state index contributed by atoms with van der Waals surface area (Å²) < 4.78 is 1.53. The molecule has 0 bridgehead atoms. The summed E-state index contributed by atoms with van der Waals surface area (Å²) in [6.07, 6.45) is 8.10. The maximum atomic E-state index is 11.9. The Hall–Kier alpha value is -2.76. The third-order valence-corrected chi connectivity index (χ3v) is 2.78. The van der Waals surface area contributed by atoms with Crippen LogP contribution in [0.3, 0.4) is 0 Å². The number of rotatable bonds is 2. The SMILES string of the molecule is Cn1ccc2cc(Nc3cnccn3)ncc2c1=O. The van der Waals surface area contributed by atoms with Gasteiger partial charge in [0.2, 0.25) is 0 Å². The normalized spacial score (nSPS) is 10.6. The summed E-state index contributed by atoms with van der Waals surface area (Å²) >= 11 is 0. The average molecular weight is 253 g/mol. The Bertz CT molecular complexity index is 782. The van der Waals surface area contributed by atoms with Gasteiger partial charge in [0.05, 0.1) is 11.6 Å². The van der Waals surface area contributed by atoms with Gasteiger partial charge in [-0.05, 0) is 17.5 Å². The van der Waals surface area contributed by atoms with Crippen molar-refractivity contribution in [1.29, 1.82) is 0 Å². The molecule has 0 aromatic carbocycles. The second kappa shape index (κ2) is 4.49. The lowest BCUT2D eigenvalue weighted by Crippen LogP contribution is -2.15. The van der Waals surface area contributed by atoms with Crippen LogP contribution in [0.2, 0.25) is 0 Å². The Balaban J connectivity index is 2.03. The molecule has 94 valence electrons. The zero-order chi connectivity index (χ0) is 13.2. The number of fused-ring (bicyclic) bond motifs is 1. The zero-order valence-corrected chi connectivity index (χ0v) is 10.2. The molecule has 0 saturated carbocycles. The summed E-state index contributed by atoms with van der Waals surface area (Å²) in [7, 11) is 1.72. The first-order valence-electron chi connectivity index (χ1n) is 5.72. The minimum atomic E-state index is -0.0592. The van der Waals surface area contributed by atoms with Gasteiger partial charge in [-0.1, -0.05) is 0 Å². The van der Waals surface area contributed by atoms with Gasteiger partial charge in [-0.15, -0.1) is 0 Å². The highest BCUT2D eigenvalue weighted by atomic mass is 16.1. The molecule has 6 heteroatoms. The third-order valence-electron chi connectivity index (χ3n) is 2.78. The van der Waals surface area contributed by atoms with Gasteiger partial charge in [0.1, 0.15) is 11.6 Å². The molecular formula is C13H11N5O. The zero-order valence-electron chi connectivity index (χ0n) is 10.2. The second-order valence-corrected chi connectivity index (χ2v) is 4.10. The topological polar surface area (TPSA) is 72.7 Å². The van der Waals surface area contributed by atoms with Crippen LogP contribution >= 0.6 is 0 Å². The van der Waals surface area contributed by atoms with E-state index in [0.29, 0.717) is 17.0 Å². The number of aryl methyl sites for hydroxylation is 1. The molecule has 3 aromatic heterocycles. The van der Waals surface area contributed by atoms with Gasteiger partial charge in [0.25, 0.3) is 5.56 Å². The van der Waals surface area contributed by atoms with Crippen molar-refractivity contribution in [1.82, 2.24) is 19.5 Å². The van der Waals surface area contributed by atoms with Crippen LogP contribution in [0.15, 0.2) is 47.9 Å². The van der Waals surface area contributed by atoms with E-state index < -0.39 is 0 Å². The summed E-state index contributed by atoms with van der Waals surface area (Å²) in [5.74, 6) is 1.24. The van der Waals surface area contributed by atoms with Gasteiger partial charge in [0.15, 0.2) is 0 Å². The van der Waals surface area contributed by atoms with Crippen molar-refractivity contribution in [2.24, 2.45) is 7.05 Å². The molecule has 19 heavy (non-hydrogen) atoms. The van der Waals surface area contributed by atoms with Gasteiger partial charge in [-0.3, -0.25) is 9.78 Å². The summed E-state index contributed by atoms with van der Waals surface area (Å²) in [6.45, 7) is 0. The lowest BCUT2D eigenvalue weighted by Gasteiger charge is -2.05. The Morgan fingerprint density at radius 3 is 2.84 bits per heavy atom. The Labute approximate surface area is 108 Å². The van der Waals surface area contributed by atoms with Crippen LogP contribution in [0, 0.1) is 0 Å². The summed E-state index contributed by atoms with van der Waals surface area (Å²) in [5, 5.41) is 4.47. The van der Waals surface area contributed by atoms with E-state index in [-0.39, 0.29) is 5.56 Å². The minimum Gasteiger partial charge on any atom is -0.324 e. The summed E-state index contributed by atoms with van der Waals surface area (Å²) in [5.41, 5.74) is -0.0592. The van der Waals surface area contributed by atoms with Crippen LogP contribution in [0.5, 0.6) is 0 Å². The van der Waals surface area contributed by atoms with Crippen molar-refractivity contribution in [3.8, 4) is 0 Å². The molecule has 0 atom stereocenters. The molecule has 0 unspecified atom stereocenters. The van der Waals surface area contributed by atoms with Crippen molar-refractivity contribution < 1.29 is 0 Å². The number of aromatic nitrogens is 4. The van der Waals surface area contributed by atoms with Crippen molar-refractivity contribution in [2.45, 2.75) is 0 Å². The van der Waals surface area contributed by atoms with Gasteiger partial charge < -0.3 is 9.88 Å². The molecule has 0 radical (unpaired) electrons. The molecule has 0 aliphatic carbocycles. The van der Waals surface area contributed by atoms with Crippen molar-refractivity contribution in [3.63, 3.8) is 0 Å². The highest BCUT2D eigenvalue weighted by molar-refractivity contribution is 5.83. The molecule has 0 amide bonds. The second-order valence-electron chi connectivity index (χ2n) is 4.10. The monoisotopic (exact) mass is 253 g/mol. The predicted octanol–water partition coefficient (Wildman–Crippen LogP) is 1.47. The summed E-state index contributed by atoms with van der Waals surface area (Å²) in [6, 6.07) is 3.69. The Kier molecular flexibility index (Phi) is 2.68. The van der Waals surface area contributed by atoms with Crippen LogP contribution in [0.1, 0.15) is 0 Å². The molecule has 0 spiro atoms. The molecule has 0 aliphatic rings. The standard InChI is InChI=1S/C13H11N5O/c1-18-5-2-9-6-11(16-7-10(9)13(18)19)17-12-8-14-3-4-15-12/h2-8H,1H3,(H,15,16,17). The first kappa shape index (κ1) is 11.3. The van der Waals surface area contributed by atoms with Crippen LogP contribution < -0.4 is 10.9 Å². The van der Waals surface area contributed by atoms with E-state index >= 15 is 0 Å². The lowest BCUT2D eigenvalue weighted by molar-refractivity contribution is 0.872. The van der Waals surface area contributed by atoms with E-state index in [4.69, 9.17) is 0 Å². The number of nitrogens with one attached hydrogen (secondary N) is 1. The Morgan fingerprint density at radius 1 is 1.16 bits per heavy atom. The number of hydrogen-bond acceptors (Lipinski definition) is 5. The van der Waals surface area contributed by atoms with Gasteiger partial charge in [-0.2, -0.15) is 0 Å². The van der Waals surface area contributed by atoms with Crippen molar-refractivity contribution >= 4 is 22.4 Å². The molecule has 0 fully saturated rings. The molecule has 3 heterocycles. The van der Waals surface area contributed by atoms with Crippen molar-refractivity contribution in [2.75, 3.05) is 5.32 Å². The average Bonchev–Trinajstić information content (AvgIpc) is 2.44. The van der Waals surface area contributed by atoms with E-state index in [9.17, 15) is 4.79 Å². The molecule has 3 aromatic rings. The van der Waals surface area contributed by atoms with Crippen LogP contribution in [0.25, 0.3) is 10.8 Å². The minimum absolute atomic E-state index is 0.0592. The first-order valence-corrected chi connectivity index (χ1v) is 5.72. The largest absolute Gasteiger partial charge is 0.324 e. The Morgan fingerprint density at radius 2 is 2.05 bits per heavy atom. The quantitative estimate of drug-likeness (QED) is 0.748. The van der Waals surface area contributed by atoms with E-state index in [1.165, 1.54) is 4.57 Å². The van der Waals surface area contributed by atoms with E-state index in [0.717, 1.165) is 5.39 Å². The van der Waals surface area contributed by atoms with Crippen molar-refractivity contribution in [3.05, 3.63) is 53.5 Å². The van der Waals surface area contributed by atoms with E-state index in [1.807, 2.05) is 12.1 Å². The van der Waals surface area contributed by atoms with Gasteiger partial charge in [-0.25, -0.2) is 9.97 Å². The highest BCUT2D eigenvalue weighted by Crippen LogP contribution is 2.15. The smallest absolute Gasteiger partial charge is 0.259 e. The van der Waals surface area contributed by atoms with Crippen LogP contribution in [0.4, 0.5) is 11.6 Å². The van der Waals surface area contributed by atoms with Gasteiger partial charge >= 0.3 is 0 Å². The predicted molar refractivity (Wildman–Crippen MR) is 72.3 cm³/mol. The highest BCUT2D eigenvalue weighted by Gasteiger charge is 2.03. The summed E-state index contributed by atoms with van der Waals surface area (Å²) in [4.78, 5) is 24.2. The molecule has 6 nitrogen and oxygen atoms in total. The maximum absolute atomic E-state index is 11.9. The third kappa shape index (κ3) is 2.15. The number of anilines is 2. The molecule has 3 rings (SSSR count). The number of pyridine rings is 2. The van der Waals surface area contributed by atoms with E-state index in [1.54, 1.807) is 38.0 Å². The molecule has 1 N–H and O–H groups in total.